The highest BCUT2D eigenvalue weighted by atomic mass is 32.2. The molecule has 0 aromatic carbocycles. The number of rotatable bonds is 8. The van der Waals surface area contributed by atoms with E-state index in [1.54, 1.807) is 51.9 Å². The smallest absolute Gasteiger partial charge is 0.444 e. The highest BCUT2D eigenvalue weighted by Crippen LogP contribution is 2.36. The van der Waals surface area contributed by atoms with Crippen LogP contribution in [0, 0.1) is 5.92 Å². The molecule has 3 heterocycles. The molecule has 37 heavy (non-hydrogen) atoms. The fraction of sp³-hybridized carbons (Fsp3) is 0.769. The largest absolute Gasteiger partial charge is 0.498 e. The average molecular weight is 535 g/mol. The molecule has 2 atom stereocenters. The average Bonchev–Trinajstić information content (AvgIpc) is 3.02. The van der Waals surface area contributed by atoms with E-state index >= 15 is 0 Å². The lowest BCUT2D eigenvalue weighted by Gasteiger charge is -2.34. The standard InChI is InChI=1S/C26H43BN4O5S/c1-18(30-23(33)34-24(2,3)4)21(32)31-13-9-11-19(17-31)12-10-14-37-22-28-15-20(16-29-22)27-35-25(5,6)26(7,8)36-27/h15-16,18-19H,9-14,17H2,1-8H3,(H,30,33)/t18-,19+/m0/s1. The van der Waals surface area contributed by atoms with E-state index in [2.05, 4.69) is 15.3 Å². The fourth-order valence-electron chi connectivity index (χ4n) is 4.36. The Morgan fingerprint density at radius 2 is 1.84 bits per heavy atom. The number of alkyl carbamates (subject to hydrolysis) is 1. The minimum Gasteiger partial charge on any atom is -0.444 e. The number of nitrogens with one attached hydrogen (secondary N) is 1. The number of amides is 2. The van der Waals surface area contributed by atoms with Crippen LogP contribution in [0.3, 0.4) is 0 Å². The van der Waals surface area contributed by atoms with Gasteiger partial charge in [0.2, 0.25) is 5.91 Å². The molecule has 0 bridgehead atoms. The van der Waals surface area contributed by atoms with Crippen LogP contribution in [0.5, 0.6) is 0 Å². The molecule has 0 unspecified atom stereocenters. The zero-order valence-electron chi connectivity index (χ0n) is 23.6. The van der Waals surface area contributed by atoms with Crippen LogP contribution in [0.1, 0.15) is 81.1 Å². The van der Waals surface area contributed by atoms with Crippen LogP contribution in [0.25, 0.3) is 0 Å². The number of carbonyl (C=O) groups is 2. The van der Waals surface area contributed by atoms with Crippen molar-refractivity contribution in [3.05, 3.63) is 12.4 Å². The van der Waals surface area contributed by atoms with Gasteiger partial charge in [-0.3, -0.25) is 4.79 Å². The summed E-state index contributed by atoms with van der Waals surface area (Å²) in [5.41, 5.74) is -0.555. The van der Waals surface area contributed by atoms with Crippen molar-refractivity contribution in [2.45, 2.75) is 109 Å². The van der Waals surface area contributed by atoms with Crippen molar-refractivity contribution >= 4 is 36.3 Å². The van der Waals surface area contributed by atoms with Crippen LogP contribution in [-0.4, -0.2) is 75.7 Å². The second-order valence-electron chi connectivity index (χ2n) is 12.0. The Bertz CT molecular complexity index is 922. The summed E-state index contributed by atoms with van der Waals surface area (Å²) >= 11 is 1.64. The number of ether oxygens (including phenoxy) is 1. The maximum Gasteiger partial charge on any atom is 0.498 e. The van der Waals surface area contributed by atoms with Crippen molar-refractivity contribution in [1.29, 1.82) is 0 Å². The molecule has 11 heteroatoms. The van der Waals surface area contributed by atoms with E-state index < -0.39 is 36.1 Å². The van der Waals surface area contributed by atoms with Gasteiger partial charge in [0.1, 0.15) is 11.6 Å². The maximum atomic E-state index is 12.9. The molecular weight excluding hydrogens is 491 g/mol. The van der Waals surface area contributed by atoms with Gasteiger partial charge in [0, 0.05) is 36.7 Å². The number of nitrogens with zero attached hydrogens (tertiary/aromatic N) is 3. The van der Waals surface area contributed by atoms with E-state index in [4.69, 9.17) is 14.0 Å². The minimum atomic E-state index is -0.610. The Hall–Kier alpha value is -1.85. The number of likely N-dealkylation sites (tertiary alicyclic amines) is 1. The van der Waals surface area contributed by atoms with Crippen LogP contribution >= 0.6 is 11.8 Å². The first-order chi connectivity index (χ1) is 17.2. The summed E-state index contributed by atoms with van der Waals surface area (Å²) in [7, 11) is -0.455. The van der Waals surface area contributed by atoms with Crippen molar-refractivity contribution in [1.82, 2.24) is 20.2 Å². The van der Waals surface area contributed by atoms with Gasteiger partial charge >= 0.3 is 13.2 Å². The Morgan fingerprint density at radius 3 is 2.43 bits per heavy atom. The lowest BCUT2D eigenvalue weighted by molar-refractivity contribution is -0.134. The lowest BCUT2D eigenvalue weighted by Crippen LogP contribution is -2.50. The molecule has 1 aromatic heterocycles. The second-order valence-corrected chi connectivity index (χ2v) is 13.1. The molecule has 1 N–H and O–H groups in total. The number of piperidine rings is 1. The van der Waals surface area contributed by atoms with Gasteiger partial charge in [-0.2, -0.15) is 0 Å². The van der Waals surface area contributed by atoms with Crippen LogP contribution in [-0.2, 0) is 18.8 Å². The predicted molar refractivity (Wildman–Crippen MR) is 146 cm³/mol. The summed E-state index contributed by atoms with van der Waals surface area (Å²) in [6, 6.07) is -0.610. The molecule has 2 aliphatic heterocycles. The summed E-state index contributed by atoms with van der Waals surface area (Å²) < 4.78 is 17.4. The highest BCUT2D eigenvalue weighted by Gasteiger charge is 2.52. The molecule has 2 saturated heterocycles. The zero-order valence-corrected chi connectivity index (χ0v) is 24.4. The number of thioether (sulfide) groups is 1. The van der Waals surface area contributed by atoms with Gasteiger partial charge in [-0.05, 0) is 87.0 Å². The Labute approximate surface area is 226 Å². The highest BCUT2D eigenvalue weighted by molar-refractivity contribution is 7.99. The first-order valence-corrected chi connectivity index (χ1v) is 14.2. The summed E-state index contributed by atoms with van der Waals surface area (Å²) in [5.74, 6) is 1.32. The summed E-state index contributed by atoms with van der Waals surface area (Å²) in [4.78, 5) is 35.8. The van der Waals surface area contributed by atoms with E-state index in [9.17, 15) is 9.59 Å². The van der Waals surface area contributed by atoms with Gasteiger partial charge in [-0.1, -0.05) is 11.8 Å². The quantitative estimate of drug-likeness (QED) is 0.233. The normalized spacial score (nSPS) is 22.0. The van der Waals surface area contributed by atoms with Crippen molar-refractivity contribution in [2.75, 3.05) is 18.8 Å². The molecule has 0 spiro atoms. The maximum absolute atomic E-state index is 12.9. The van der Waals surface area contributed by atoms with E-state index in [0.29, 0.717) is 5.92 Å². The third-order valence-corrected chi connectivity index (χ3v) is 8.06. The Kier molecular flexibility index (Phi) is 9.56. The van der Waals surface area contributed by atoms with E-state index in [0.717, 1.165) is 55.1 Å². The molecule has 0 radical (unpaired) electrons. The van der Waals surface area contributed by atoms with E-state index in [-0.39, 0.29) is 5.91 Å². The molecule has 1 aromatic rings. The van der Waals surface area contributed by atoms with Crippen LogP contribution in [0.15, 0.2) is 17.6 Å². The Balaban J connectivity index is 1.39. The Morgan fingerprint density at radius 1 is 1.22 bits per heavy atom. The number of hydrogen-bond donors (Lipinski definition) is 1. The van der Waals surface area contributed by atoms with Gasteiger partial charge in [-0.15, -0.1) is 0 Å². The predicted octanol–water partition coefficient (Wildman–Crippen LogP) is 3.80. The summed E-state index contributed by atoms with van der Waals surface area (Å²) in [6.45, 7) is 16.7. The van der Waals surface area contributed by atoms with Crippen molar-refractivity contribution < 1.29 is 23.6 Å². The topological polar surface area (TPSA) is 103 Å². The molecule has 2 fully saturated rings. The first-order valence-electron chi connectivity index (χ1n) is 13.3. The van der Waals surface area contributed by atoms with Gasteiger partial charge in [0.05, 0.1) is 11.2 Å². The molecule has 9 nitrogen and oxygen atoms in total. The molecule has 0 saturated carbocycles. The zero-order chi connectivity index (χ0) is 27.4. The number of carbonyl (C=O) groups excluding carboxylic acids is 2. The van der Waals surface area contributed by atoms with E-state index in [1.807, 2.05) is 32.6 Å². The van der Waals surface area contributed by atoms with Gasteiger partial charge in [0.15, 0.2) is 5.16 Å². The first kappa shape index (κ1) is 29.7. The summed E-state index contributed by atoms with van der Waals surface area (Å²) in [5, 5.41) is 3.40. The van der Waals surface area contributed by atoms with Crippen LogP contribution < -0.4 is 10.8 Å². The van der Waals surface area contributed by atoms with E-state index in [1.165, 1.54) is 0 Å². The third-order valence-electron chi connectivity index (χ3n) is 7.10. The van der Waals surface area contributed by atoms with Gasteiger partial charge in [-0.25, -0.2) is 14.8 Å². The molecule has 2 amide bonds. The van der Waals surface area contributed by atoms with Crippen molar-refractivity contribution in [2.24, 2.45) is 5.92 Å². The number of aromatic nitrogens is 2. The SMILES string of the molecule is C[C@H](NC(=O)OC(C)(C)C)C(=O)N1CCC[C@H](CCCSc2ncc(B3OC(C)(C)C(C)(C)O3)cn2)C1. The second kappa shape index (κ2) is 11.9. The number of hydrogen-bond acceptors (Lipinski definition) is 8. The molecular formula is C26H43BN4O5S. The fourth-order valence-corrected chi connectivity index (χ4v) is 5.11. The monoisotopic (exact) mass is 534 g/mol. The summed E-state index contributed by atoms with van der Waals surface area (Å²) in [6.07, 6.45) is 7.16. The van der Waals surface area contributed by atoms with Crippen molar-refractivity contribution in [3.63, 3.8) is 0 Å². The molecule has 3 rings (SSSR count). The van der Waals surface area contributed by atoms with Crippen molar-refractivity contribution in [3.8, 4) is 0 Å². The van der Waals surface area contributed by atoms with Gasteiger partial charge < -0.3 is 24.3 Å². The van der Waals surface area contributed by atoms with Crippen LogP contribution in [0.2, 0.25) is 0 Å². The molecule has 2 aliphatic rings. The molecule has 206 valence electrons. The molecule has 0 aliphatic carbocycles. The van der Waals surface area contributed by atoms with Crippen LogP contribution in [0.4, 0.5) is 4.79 Å². The third kappa shape index (κ3) is 8.32. The lowest BCUT2D eigenvalue weighted by atomic mass is 9.81. The van der Waals surface area contributed by atoms with Gasteiger partial charge in [0.25, 0.3) is 0 Å². The minimum absolute atomic E-state index is 0.0552.